The van der Waals surface area contributed by atoms with Gasteiger partial charge in [0.2, 0.25) is 0 Å². The van der Waals surface area contributed by atoms with Crippen molar-refractivity contribution in [2.45, 2.75) is 44.9 Å². The number of hydrogen-bond donors (Lipinski definition) is 1. The number of hydrogen-bond acceptors (Lipinski definition) is 3. The van der Waals surface area contributed by atoms with Crippen LogP contribution in [0.15, 0.2) is 12.4 Å². The second kappa shape index (κ2) is 4.77. The molecule has 1 aliphatic heterocycles. The van der Waals surface area contributed by atoms with Crippen LogP contribution in [0, 0.1) is 0 Å². The Kier molecular flexibility index (Phi) is 3.38. The smallest absolute Gasteiger partial charge is 0.0594 e. The summed E-state index contributed by atoms with van der Waals surface area (Å²) in [5, 5.41) is 4.23. The maximum Gasteiger partial charge on any atom is 0.0594 e. The molecule has 2 heterocycles. The number of rotatable bonds is 4. The van der Waals surface area contributed by atoms with Gasteiger partial charge in [-0.25, -0.2) is 0 Å². The van der Waals surface area contributed by atoms with E-state index in [4.69, 9.17) is 10.5 Å². The molecular formula is C11H19N3O. The van der Waals surface area contributed by atoms with E-state index in [1.54, 1.807) is 0 Å². The highest BCUT2D eigenvalue weighted by atomic mass is 16.5. The molecule has 1 fully saturated rings. The van der Waals surface area contributed by atoms with Crippen LogP contribution in [0.3, 0.4) is 0 Å². The Morgan fingerprint density at radius 3 is 3.20 bits per heavy atom. The fourth-order valence-electron chi connectivity index (χ4n) is 1.99. The molecule has 2 N–H and O–H groups in total. The third-order valence-corrected chi connectivity index (χ3v) is 2.95. The van der Waals surface area contributed by atoms with Crippen LogP contribution in [0.25, 0.3) is 0 Å². The summed E-state index contributed by atoms with van der Waals surface area (Å²) in [5.41, 5.74) is 7.23. The lowest BCUT2D eigenvalue weighted by Crippen LogP contribution is -2.17. The van der Waals surface area contributed by atoms with Gasteiger partial charge in [0.25, 0.3) is 0 Å². The summed E-state index contributed by atoms with van der Waals surface area (Å²) in [6.45, 7) is 3.86. The third kappa shape index (κ3) is 2.58. The molecule has 0 bridgehead atoms. The van der Waals surface area contributed by atoms with Crippen LogP contribution in [0.5, 0.6) is 0 Å². The van der Waals surface area contributed by atoms with Gasteiger partial charge in [0, 0.05) is 31.0 Å². The van der Waals surface area contributed by atoms with Crippen molar-refractivity contribution in [1.29, 1.82) is 0 Å². The van der Waals surface area contributed by atoms with Crippen molar-refractivity contribution in [3.63, 3.8) is 0 Å². The van der Waals surface area contributed by atoms with E-state index in [1.165, 1.54) is 6.42 Å². The highest BCUT2D eigenvalue weighted by molar-refractivity contribution is 5.09. The molecule has 2 atom stereocenters. The lowest BCUT2D eigenvalue weighted by atomic mass is 10.0. The molecule has 0 aromatic carbocycles. The summed E-state index contributed by atoms with van der Waals surface area (Å²) >= 11 is 0. The molecule has 1 aliphatic rings. The number of nitrogens with two attached hydrogens (primary N) is 1. The minimum atomic E-state index is 0.0633. The summed E-state index contributed by atoms with van der Waals surface area (Å²) in [6, 6.07) is 0.0633. The van der Waals surface area contributed by atoms with Gasteiger partial charge in [0.05, 0.1) is 12.3 Å². The van der Waals surface area contributed by atoms with Crippen LogP contribution in [0.4, 0.5) is 0 Å². The molecule has 1 aromatic rings. The maximum absolute atomic E-state index is 6.11. The molecular weight excluding hydrogens is 190 g/mol. The monoisotopic (exact) mass is 209 g/mol. The Morgan fingerprint density at radius 2 is 2.60 bits per heavy atom. The van der Waals surface area contributed by atoms with Gasteiger partial charge in [0.15, 0.2) is 0 Å². The van der Waals surface area contributed by atoms with Crippen LogP contribution in [0.1, 0.15) is 37.8 Å². The zero-order valence-electron chi connectivity index (χ0n) is 9.22. The van der Waals surface area contributed by atoms with Crippen LogP contribution in [-0.4, -0.2) is 22.5 Å². The highest BCUT2D eigenvalue weighted by Crippen LogP contribution is 2.22. The fraction of sp³-hybridized carbons (Fsp3) is 0.727. The molecule has 2 rings (SSSR count). The number of nitrogens with zero attached hydrogens (tertiary/aromatic N) is 2. The molecule has 2 unspecified atom stereocenters. The number of aromatic nitrogens is 2. The summed E-state index contributed by atoms with van der Waals surface area (Å²) in [6.07, 6.45) is 7.48. The molecule has 0 aliphatic carbocycles. The van der Waals surface area contributed by atoms with Gasteiger partial charge in [-0.3, -0.25) is 4.68 Å². The lowest BCUT2D eigenvalue weighted by Gasteiger charge is -2.14. The first-order valence-electron chi connectivity index (χ1n) is 5.69. The number of aryl methyl sites for hydroxylation is 1. The van der Waals surface area contributed by atoms with Crippen molar-refractivity contribution >= 4 is 0 Å². The van der Waals surface area contributed by atoms with E-state index in [2.05, 4.69) is 12.0 Å². The second-order valence-electron chi connectivity index (χ2n) is 4.11. The van der Waals surface area contributed by atoms with Gasteiger partial charge >= 0.3 is 0 Å². The molecule has 1 saturated heterocycles. The second-order valence-corrected chi connectivity index (χ2v) is 4.11. The Hall–Kier alpha value is -0.870. The minimum absolute atomic E-state index is 0.0633. The average Bonchev–Trinajstić information content (AvgIpc) is 2.86. The van der Waals surface area contributed by atoms with Gasteiger partial charge in [-0.05, 0) is 26.2 Å². The van der Waals surface area contributed by atoms with Gasteiger partial charge in [0.1, 0.15) is 0 Å². The molecule has 0 radical (unpaired) electrons. The first-order chi connectivity index (χ1) is 7.29. The van der Waals surface area contributed by atoms with Crippen molar-refractivity contribution in [2.75, 3.05) is 6.61 Å². The molecule has 4 heteroatoms. The van der Waals surface area contributed by atoms with Gasteiger partial charge in [-0.1, -0.05) is 0 Å². The van der Waals surface area contributed by atoms with Crippen molar-refractivity contribution in [3.8, 4) is 0 Å². The molecule has 84 valence electrons. The molecule has 1 aromatic heterocycles. The zero-order valence-corrected chi connectivity index (χ0v) is 9.22. The van der Waals surface area contributed by atoms with Gasteiger partial charge < -0.3 is 10.5 Å². The number of ether oxygens (including phenoxy) is 1. The van der Waals surface area contributed by atoms with E-state index in [-0.39, 0.29) is 6.04 Å². The van der Waals surface area contributed by atoms with E-state index < -0.39 is 0 Å². The predicted octanol–water partition coefficient (Wildman–Crippen LogP) is 1.47. The van der Waals surface area contributed by atoms with Crippen molar-refractivity contribution in [3.05, 3.63) is 18.0 Å². The van der Waals surface area contributed by atoms with Crippen molar-refractivity contribution in [2.24, 2.45) is 5.73 Å². The first-order valence-corrected chi connectivity index (χ1v) is 5.69. The maximum atomic E-state index is 6.11. The normalized spacial score (nSPS) is 23.2. The van der Waals surface area contributed by atoms with Crippen LogP contribution in [-0.2, 0) is 11.3 Å². The zero-order chi connectivity index (χ0) is 10.7. The van der Waals surface area contributed by atoms with Crippen LogP contribution < -0.4 is 5.73 Å². The van der Waals surface area contributed by atoms with E-state index in [1.807, 2.05) is 17.1 Å². The van der Waals surface area contributed by atoms with E-state index in [0.29, 0.717) is 6.10 Å². The SMILES string of the molecule is CCn1cc(C(N)CC2CCCO2)cn1. The molecule has 0 saturated carbocycles. The molecule has 0 spiro atoms. The minimum Gasteiger partial charge on any atom is -0.378 e. The lowest BCUT2D eigenvalue weighted by molar-refractivity contribution is 0.0983. The Balaban J connectivity index is 1.91. The largest absolute Gasteiger partial charge is 0.378 e. The summed E-state index contributed by atoms with van der Waals surface area (Å²) in [7, 11) is 0. The Morgan fingerprint density at radius 1 is 1.73 bits per heavy atom. The fourth-order valence-corrected chi connectivity index (χ4v) is 1.99. The van der Waals surface area contributed by atoms with Crippen LogP contribution in [0.2, 0.25) is 0 Å². The van der Waals surface area contributed by atoms with Gasteiger partial charge in [-0.2, -0.15) is 5.10 Å². The van der Waals surface area contributed by atoms with Crippen molar-refractivity contribution in [1.82, 2.24) is 9.78 Å². The standard InChI is InChI=1S/C11H19N3O/c1-2-14-8-9(7-13-14)11(12)6-10-4-3-5-15-10/h7-8,10-11H,2-6,12H2,1H3. The summed E-state index contributed by atoms with van der Waals surface area (Å²) in [4.78, 5) is 0. The predicted molar refractivity (Wildman–Crippen MR) is 58.4 cm³/mol. The van der Waals surface area contributed by atoms with E-state index in [0.717, 1.165) is 31.6 Å². The average molecular weight is 209 g/mol. The first kappa shape index (κ1) is 10.6. The Labute approximate surface area is 90.4 Å². The summed E-state index contributed by atoms with van der Waals surface area (Å²) < 4.78 is 7.48. The quantitative estimate of drug-likeness (QED) is 0.817. The Bertz CT molecular complexity index is 305. The topological polar surface area (TPSA) is 53.1 Å². The third-order valence-electron chi connectivity index (χ3n) is 2.95. The molecule has 4 nitrogen and oxygen atoms in total. The van der Waals surface area contributed by atoms with E-state index >= 15 is 0 Å². The molecule has 0 amide bonds. The molecule has 15 heavy (non-hydrogen) atoms. The van der Waals surface area contributed by atoms with Crippen LogP contribution >= 0.6 is 0 Å². The van der Waals surface area contributed by atoms with Crippen molar-refractivity contribution < 1.29 is 4.74 Å². The summed E-state index contributed by atoms with van der Waals surface area (Å²) in [5.74, 6) is 0. The van der Waals surface area contributed by atoms with Gasteiger partial charge in [-0.15, -0.1) is 0 Å². The van der Waals surface area contributed by atoms with E-state index in [9.17, 15) is 0 Å². The highest BCUT2D eigenvalue weighted by Gasteiger charge is 2.20.